The van der Waals surface area contributed by atoms with Gasteiger partial charge in [-0.2, -0.15) is 0 Å². The highest BCUT2D eigenvalue weighted by Gasteiger charge is 2.18. The summed E-state index contributed by atoms with van der Waals surface area (Å²) in [6.45, 7) is 10.5. The second-order valence-corrected chi connectivity index (χ2v) is 6.59. The van der Waals surface area contributed by atoms with Crippen molar-refractivity contribution in [3.63, 3.8) is 0 Å². The summed E-state index contributed by atoms with van der Waals surface area (Å²) in [5.41, 5.74) is 1.43. The fourth-order valence-corrected chi connectivity index (χ4v) is 2.51. The lowest BCUT2D eigenvalue weighted by atomic mass is 9.94. The lowest BCUT2D eigenvalue weighted by molar-refractivity contribution is -0.00300. The van der Waals surface area contributed by atoms with Gasteiger partial charge in [0, 0.05) is 15.3 Å². The van der Waals surface area contributed by atoms with Crippen LogP contribution in [0.5, 0.6) is 0 Å². The van der Waals surface area contributed by atoms with E-state index in [1.807, 2.05) is 11.3 Å². The largest absolute Gasteiger partial charge is 0.379 e. The van der Waals surface area contributed by atoms with Crippen molar-refractivity contribution in [1.82, 2.24) is 0 Å². The molecule has 0 radical (unpaired) electrons. The Morgan fingerprint density at radius 2 is 2.06 bits per heavy atom. The Kier molecular flexibility index (Phi) is 3.10. The number of aryl methyl sites for hydroxylation is 1. The topological polar surface area (TPSA) is 9.23 Å². The van der Waals surface area contributed by atoms with Crippen LogP contribution < -0.4 is 0 Å². The third kappa shape index (κ3) is 2.48. The minimum Gasteiger partial charge on any atom is -0.379 e. The van der Waals surface area contributed by atoms with Gasteiger partial charge < -0.3 is 4.74 Å². The third-order valence-electron chi connectivity index (χ3n) is 2.71. The van der Waals surface area contributed by atoms with Crippen molar-refractivity contribution >= 4 is 11.3 Å². The van der Waals surface area contributed by atoms with Gasteiger partial charge in [-0.15, -0.1) is 11.3 Å². The zero-order chi connectivity index (χ0) is 11.8. The van der Waals surface area contributed by atoms with Crippen LogP contribution >= 0.6 is 11.3 Å². The Morgan fingerprint density at radius 3 is 2.50 bits per heavy atom. The summed E-state index contributed by atoms with van der Waals surface area (Å²) in [4.78, 5) is 2.75. The van der Waals surface area contributed by atoms with Gasteiger partial charge in [0.05, 0.1) is 19.1 Å². The Labute approximate surface area is 102 Å². The van der Waals surface area contributed by atoms with E-state index in [0.29, 0.717) is 5.92 Å². The number of ether oxygens (including phenoxy) is 1. The first-order valence-electron chi connectivity index (χ1n) is 5.67. The van der Waals surface area contributed by atoms with Crippen molar-refractivity contribution in [2.75, 3.05) is 13.2 Å². The molecule has 0 amide bonds. The molecular formula is C14H18OS. The molecule has 0 atom stereocenters. The molecule has 0 N–H and O–H groups in total. The van der Waals surface area contributed by atoms with Crippen molar-refractivity contribution in [2.24, 2.45) is 5.92 Å². The molecule has 1 aromatic heterocycles. The van der Waals surface area contributed by atoms with Gasteiger partial charge in [0.2, 0.25) is 0 Å². The molecule has 0 bridgehead atoms. The minimum absolute atomic E-state index is 0.231. The molecule has 1 nitrogen and oxygen atoms in total. The third-order valence-corrected chi connectivity index (χ3v) is 4.18. The Bertz CT molecular complexity index is 436. The van der Waals surface area contributed by atoms with Crippen LogP contribution in [-0.2, 0) is 10.2 Å². The molecule has 0 aliphatic carbocycles. The first-order valence-corrected chi connectivity index (χ1v) is 6.48. The van der Waals surface area contributed by atoms with E-state index in [1.54, 1.807) is 0 Å². The van der Waals surface area contributed by atoms with Gasteiger partial charge >= 0.3 is 0 Å². The van der Waals surface area contributed by atoms with Crippen molar-refractivity contribution in [3.05, 3.63) is 21.4 Å². The monoisotopic (exact) mass is 234 g/mol. The van der Waals surface area contributed by atoms with Crippen LogP contribution in [-0.4, -0.2) is 13.2 Å². The normalized spacial score (nSPS) is 16.5. The van der Waals surface area contributed by atoms with Crippen LogP contribution in [0.15, 0.2) is 6.07 Å². The minimum atomic E-state index is 0.231. The highest BCUT2D eigenvalue weighted by molar-refractivity contribution is 7.12. The molecule has 0 aromatic carbocycles. The van der Waals surface area contributed by atoms with E-state index in [-0.39, 0.29) is 5.41 Å². The van der Waals surface area contributed by atoms with Crippen LogP contribution in [0.4, 0.5) is 0 Å². The van der Waals surface area contributed by atoms with Gasteiger partial charge in [0.15, 0.2) is 0 Å². The van der Waals surface area contributed by atoms with Gasteiger partial charge in [-0.3, -0.25) is 0 Å². The molecule has 1 aliphatic rings. The van der Waals surface area contributed by atoms with Crippen LogP contribution in [0.1, 0.15) is 36.1 Å². The van der Waals surface area contributed by atoms with E-state index in [0.717, 1.165) is 13.2 Å². The van der Waals surface area contributed by atoms with Crippen molar-refractivity contribution < 1.29 is 4.74 Å². The van der Waals surface area contributed by atoms with E-state index in [2.05, 4.69) is 45.6 Å². The predicted octanol–water partition coefficient (Wildman–Crippen LogP) is 3.35. The lowest BCUT2D eigenvalue weighted by Crippen LogP contribution is -2.25. The van der Waals surface area contributed by atoms with Crippen LogP contribution in [0.2, 0.25) is 0 Å². The quantitative estimate of drug-likeness (QED) is 0.626. The fraction of sp³-hybridized carbons (Fsp3) is 0.571. The Morgan fingerprint density at radius 1 is 1.38 bits per heavy atom. The smallest absolute Gasteiger partial charge is 0.0674 e. The Balaban J connectivity index is 2.20. The van der Waals surface area contributed by atoms with Crippen molar-refractivity contribution in [1.29, 1.82) is 0 Å². The lowest BCUT2D eigenvalue weighted by Gasteiger charge is -2.19. The molecule has 0 unspecified atom stereocenters. The summed E-state index contributed by atoms with van der Waals surface area (Å²) >= 11 is 1.86. The molecule has 1 aliphatic heterocycles. The first-order chi connectivity index (χ1) is 7.47. The first kappa shape index (κ1) is 11.7. The zero-order valence-corrected chi connectivity index (χ0v) is 11.2. The van der Waals surface area contributed by atoms with Gasteiger partial charge in [-0.05, 0) is 18.4 Å². The molecule has 2 heteroatoms. The number of hydrogen-bond acceptors (Lipinski definition) is 2. The van der Waals surface area contributed by atoms with Crippen molar-refractivity contribution in [3.8, 4) is 11.8 Å². The molecule has 1 aromatic rings. The summed E-state index contributed by atoms with van der Waals surface area (Å²) < 4.78 is 5.11. The van der Waals surface area contributed by atoms with E-state index >= 15 is 0 Å². The van der Waals surface area contributed by atoms with Gasteiger partial charge in [-0.1, -0.05) is 32.6 Å². The molecule has 16 heavy (non-hydrogen) atoms. The molecule has 0 saturated carbocycles. The second-order valence-electron chi connectivity index (χ2n) is 5.33. The molecule has 1 fully saturated rings. The number of thiophene rings is 1. The summed E-state index contributed by atoms with van der Waals surface area (Å²) in [5, 5.41) is 0. The Hall–Kier alpha value is -0.780. The number of hydrogen-bond donors (Lipinski definition) is 0. The maximum absolute atomic E-state index is 5.11. The molecule has 86 valence electrons. The van der Waals surface area contributed by atoms with E-state index < -0.39 is 0 Å². The number of rotatable bonds is 0. The molecular weight excluding hydrogens is 216 g/mol. The summed E-state index contributed by atoms with van der Waals surface area (Å²) in [5.74, 6) is 7.02. The van der Waals surface area contributed by atoms with E-state index in [9.17, 15) is 0 Å². The van der Waals surface area contributed by atoms with Gasteiger partial charge in [0.1, 0.15) is 0 Å². The van der Waals surface area contributed by atoms with E-state index in [1.165, 1.54) is 15.3 Å². The maximum atomic E-state index is 5.11. The molecule has 2 heterocycles. The van der Waals surface area contributed by atoms with Crippen molar-refractivity contribution in [2.45, 2.75) is 33.1 Å². The van der Waals surface area contributed by atoms with Gasteiger partial charge in [0.25, 0.3) is 0 Å². The van der Waals surface area contributed by atoms with E-state index in [4.69, 9.17) is 4.74 Å². The summed E-state index contributed by atoms with van der Waals surface area (Å²) in [6.07, 6.45) is 0. The van der Waals surface area contributed by atoms with Crippen LogP contribution in [0.25, 0.3) is 0 Å². The summed E-state index contributed by atoms with van der Waals surface area (Å²) in [6, 6.07) is 2.24. The highest BCUT2D eigenvalue weighted by Crippen LogP contribution is 2.31. The SMILES string of the molecule is Cc1sc(C(C)(C)C)cc1C#CC1COC1. The molecule has 1 saturated heterocycles. The summed E-state index contributed by atoms with van der Waals surface area (Å²) in [7, 11) is 0. The molecule has 2 rings (SSSR count). The predicted molar refractivity (Wildman–Crippen MR) is 68.9 cm³/mol. The maximum Gasteiger partial charge on any atom is 0.0674 e. The highest BCUT2D eigenvalue weighted by atomic mass is 32.1. The average Bonchev–Trinajstić information content (AvgIpc) is 2.44. The molecule has 0 spiro atoms. The second kappa shape index (κ2) is 4.24. The average molecular weight is 234 g/mol. The van der Waals surface area contributed by atoms with Crippen LogP contribution in [0.3, 0.4) is 0 Å². The standard InChI is InChI=1S/C14H18OS/c1-10-12(6-5-11-8-15-9-11)7-13(16-10)14(2,3)4/h7,11H,8-9H2,1-4H3. The zero-order valence-electron chi connectivity index (χ0n) is 10.4. The van der Waals surface area contributed by atoms with Gasteiger partial charge in [-0.25, -0.2) is 0 Å². The fourth-order valence-electron chi connectivity index (χ4n) is 1.47. The van der Waals surface area contributed by atoms with Crippen LogP contribution in [0, 0.1) is 24.7 Å².